The Morgan fingerprint density at radius 1 is 1.00 bits per heavy atom. The highest BCUT2D eigenvalue weighted by molar-refractivity contribution is 5.94. The smallest absolute Gasteiger partial charge is 0.260 e. The Balaban J connectivity index is 1.10. The highest BCUT2D eigenvalue weighted by atomic mass is 19.3. The number of hydrogen-bond acceptors (Lipinski definition) is 4. The summed E-state index contributed by atoms with van der Waals surface area (Å²) in [5, 5.41) is 6.73. The third kappa shape index (κ3) is 3.47. The van der Waals surface area contributed by atoms with Crippen LogP contribution in [0, 0.1) is 17.3 Å². The lowest BCUT2D eigenvalue weighted by Crippen LogP contribution is -2.60. The molecule has 1 N–H and O–H groups in total. The van der Waals surface area contributed by atoms with Crippen molar-refractivity contribution >= 4 is 23.4 Å². The van der Waals surface area contributed by atoms with Crippen LogP contribution in [0.5, 0.6) is 0 Å². The summed E-state index contributed by atoms with van der Waals surface area (Å²) in [6.07, 6.45) is 2.70. The molecule has 2 aromatic heterocycles. The van der Waals surface area contributed by atoms with Gasteiger partial charge in [0.15, 0.2) is 5.65 Å². The van der Waals surface area contributed by atoms with Gasteiger partial charge in [-0.05, 0) is 37.8 Å². The molecular weight excluding hydrogens is 442 g/mol. The van der Waals surface area contributed by atoms with Crippen molar-refractivity contribution in [1.82, 2.24) is 19.5 Å². The molecule has 3 saturated carbocycles. The van der Waals surface area contributed by atoms with E-state index in [4.69, 9.17) is 0 Å². The van der Waals surface area contributed by atoms with Crippen molar-refractivity contribution in [1.29, 1.82) is 0 Å². The molecule has 0 unspecified atom stereocenters. The minimum Gasteiger partial charge on any atom is -0.341 e. The molecule has 1 aliphatic heterocycles. The molecular formula is C22H23F4N5O2. The van der Waals surface area contributed by atoms with E-state index in [1.165, 1.54) is 0 Å². The van der Waals surface area contributed by atoms with Gasteiger partial charge in [-0.1, -0.05) is 6.07 Å². The molecule has 1 spiro atoms. The molecule has 3 heterocycles. The van der Waals surface area contributed by atoms with Gasteiger partial charge in [0.2, 0.25) is 17.8 Å². The number of fused-ring (bicyclic) bond motifs is 1. The minimum atomic E-state index is -2.95. The van der Waals surface area contributed by atoms with E-state index in [1.54, 1.807) is 15.5 Å². The Morgan fingerprint density at radius 3 is 2.24 bits per heavy atom. The monoisotopic (exact) mass is 465 g/mol. The van der Waals surface area contributed by atoms with Crippen molar-refractivity contribution in [3.63, 3.8) is 0 Å². The van der Waals surface area contributed by atoms with Gasteiger partial charge >= 0.3 is 0 Å². The van der Waals surface area contributed by atoms with E-state index in [2.05, 4.69) is 15.4 Å². The number of halogens is 4. The lowest BCUT2D eigenvalue weighted by molar-refractivity contribution is -0.149. The summed E-state index contributed by atoms with van der Waals surface area (Å²) in [6, 6.07) is 5.53. The number of carbonyl (C=O) groups excluding carboxylic acids is 2. The van der Waals surface area contributed by atoms with Crippen molar-refractivity contribution in [2.24, 2.45) is 17.3 Å². The predicted octanol–water partition coefficient (Wildman–Crippen LogP) is 3.46. The number of nitrogens with one attached hydrogen (secondary N) is 1. The molecule has 176 valence electrons. The summed E-state index contributed by atoms with van der Waals surface area (Å²) in [4.78, 5) is 30.0. The molecule has 2 atom stereocenters. The van der Waals surface area contributed by atoms with E-state index in [-0.39, 0.29) is 23.7 Å². The Hall–Kier alpha value is -2.72. The van der Waals surface area contributed by atoms with Crippen molar-refractivity contribution in [3.05, 3.63) is 23.9 Å². The van der Waals surface area contributed by atoms with Gasteiger partial charge in [-0.25, -0.2) is 22.1 Å². The number of amides is 2. The van der Waals surface area contributed by atoms with E-state index in [1.807, 2.05) is 12.1 Å². The molecule has 0 radical (unpaired) electrons. The van der Waals surface area contributed by atoms with Crippen molar-refractivity contribution < 1.29 is 27.2 Å². The predicted molar refractivity (Wildman–Crippen MR) is 108 cm³/mol. The third-order valence-corrected chi connectivity index (χ3v) is 7.72. The van der Waals surface area contributed by atoms with Crippen molar-refractivity contribution in [2.75, 3.05) is 18.4 Å². The van der Waals surface area contributed by atoms with Gasteiger partial charge in [0.05, 0.1) is 0 Å². The first kappa shape index (κ1) is 20.9. The summed E-state index contributed by atoms with van der Waals surface area (Å²) >= 11 is 0. The van der Waals surface area contributed by atoms with Crippen LogP contribution in [0.3, 0.4) is 0 Å². The molecule has 6 rings (SSSR count). The highest BCUT2D eigenvalue weighted by Gasteiger charge is 2.64. The third-order valence-electron chi connectivity index (χ3n) is 7.72. The van der Waals surface area contributed by atoms with Gasteiger partial charge in [0, 0.05) is 43.0 Å². The van der Waals surface area contributed by atoms with E-state index in [9.17, 15) is 27.2 Å². The fraction of sp³-hybridized carbons (Fsp3) is 0.636. The lowest BCUT2D eigenvalue weighted by Gasteiger charge is -2.53. The first-order valence-corrected chi connectivity index (χ1v) is 11.3. The van der Waals surface area contributed by atoms with Gasteiger partial charge in [-0.3, -0.25) is 14.9 Å². The first-order chi connectivity index (χ1) is 15.6. The maximum absolute atomic E-state index is 13.2. The molecule has 3 aliphatic carbocycles. The quantitative estimate of drug-likeness (QED) is 0.702. The highest BCUT2D eigenvalue weighted by Crippen LogP contribution is 2.53. The van der Waals surface area contributed by atoms with Gasteiger partial charge in [-0.2, -0.15) is 4.98 Å². The molecule has 7 nitrogen and oxygen atoms in total. The summed E-state index contributed by atoms with van der Waals surface area (Å²) in [5.41, 5.74) is 1.45. The zero-order chi connectivity index (χ0) is 23.2. The summed E-state index contributed by atoms with van der Waals surface area (Å²) in [5.74, 6) is -9.22. The maximum Gasteiger partial charge on any atom is 0.260 e. The summed E-state index contributed by atoms with van der Waals surface area (Å²) in [7, 11) is 0. The van der Waals surface area contributed by atoms with E-state index >= 15 is 0 Å². The molecule has 0 aromatic carbocycles. The standard InChI is InChI=1S/C22H23F4N5O2/c23-21(24)8-13(21)17(32)28-19-27-16-3-1-2-15(31(16)29-19)12-4-6-20(7-5-12)10-30(11-20)18(33)14-9-22(14,25)26/h1-3,12-14H,4-11H2,(H,28,29,32)/t13-,14+/m1/s1. The molecule has 11 heteroatoms. The number of alkyl halides is 4. The van der Waals surface area contributed by atoms with Crippen LogP contribution in [0.25, 0.3) is 5.65 Å². The Morgan fingerprint density at radius 2 is 1.64 bits per heavy atom. The van der Waals surface area contributed by atoms with Crippen LogP contribution in [0.1, 0.15) is 50.1 Å². The molecule has 4 fully saturated rings. The van der Waals surface area contributed by atoms with Crippen LogP contribution < -0.4 is 5.32 Å². The molecule has 2 aromatic rings. The van der Waals surface area contributed by atoms with E-state index < -0.39 is 41.9 Å². The van der Waals surface area contributed by atoms with Gasteiger partial charge in [0.1, 0.15) is 11.8 Å². The van der Waals surface area contributed by atoms with Gasteiger partial charge in [0.25, 0.3) is 11.8 Å². The second-order valence-electron chi connectivity index (χ2n) is 10.1. The molecule has 0 bridgehead atoms. The zero-order valence-corrected chi connectivity index (χ0v) is 17.7. The van der Waals surface area contributed by atoms with E-state index in [0.29, 0.717) is 18.7 Å². The van der Waals surface area contributed by atoms with E-state index in [0.717, 1.165) is 31.4 Å². The van der Waals surface area contributed by atoms with Crippen molar-refractivity contribution in [2.45, 2.75) is 56.3 Å². The molecule has 1 saturated heterocycles. The van der Waals surface area contributed by atoms with Gasteiger partial charge < -0.3 is 4.90 Å². The van der Waals surface area contributed by atoms with Crippen LogP contribution >= 0.6 is 0 Å². The SMILES string of the molecule is O=C(Nc1nc2cccc(C3CCC4(CC3)CN(C(=O)[C@@H]3CC3(F)F)C4)n2n1)[C@H]1CC1(F)F. The molecule has 33 heavy (non-hydrogen) atoms. The number of anilines is 1. The summed E-state index contributed by atoms with van der Waals surface area (Å²) in [6.45, 7) is 1.08. The average Bonchev–Trinajstić information content (AvgIpc) is 3.51. The normalized spacial score (nSPS) is 29.0. The largest absolute Gasteiger partial charge is 0.341 e. The number of carbonyl (C=O) groups is 2. The number of aromatic nitrogens is 3. The second-order valence-corrected chi connectivity index (χ2v) is 10.1. The first-order valence-electron chi connectivity index (χ1n) is 11.3. The maximum atomic E-state index is 13.2. The zero-order valence-electron chi connectivity index (χ0n) is 17.7. The number of pyridine rings is 1. The van der Waals surface area contributed by atoms with Crippen LogP contribution in [0.15, 0.2) is 18.2 Å². The number of likely N-dealkylation sites (tertiary alicyclic amines) is 1. The van der Waals surface area contributed by atoms with Crippen LogP contribution in [0.4, 0.5) is 23.5 Å². The van der Waals surface area contributed by atoms with Crippen LogP contribution in [-0.4, -0.2) is 56.2 Å². The topological polar surface area (TPSA) is 79.6 Å². The molecule has 2 amide bonds. The number of nitrogens with zero attached hydrogens (tertiary/aromatic N) is 4. The Labute approximate surface area is 186 Å². The fourth-order valence-electron chi connectivity index (χ4n) is 5.45. The Bertz CT molecular complexity index is 1150. The minimum absolute atomic E-state index is 0.00122. The second kappa shape index (κ2) is 6.66. The van der Waals surface area contributed by atoms with Gasteiger partial charge in [-0.15, -0.1) is 5.10 Å². The molecule has 4 aliphatic rings. The van der Waals surface area contributed by atoms with Crippen LogP contribution in [-0.2, 0) is 9.59 Å². The number of hydrogen-bond donors (Lipinski definition) is 1. The van der Waals surface area contributed by atoms with Crippen LogP contribution in [0.2, 0.25) is 0 Å². The van der Waals surface area contributed by atoms with Crippen molar-refractivity contribution in [3.8, 4) is 0 Å². The lowest BCUT2D eigenvalue weighted by atomic mass is 9.65. The summed E-state index contributed by atoms with van der Waals surface area (Å²) < 4.78 is 54.3. The fourth-order valence-corrected chi connectivity index (χ4v) is 5.45. The Kier molecular flexibility index (Phi) is 4.21. The number of rotatable bonds is 4. The average molecular weight is 465 g/mol.